The second-order valence-electron chi connectivity index (χ2n) is 8.65. The first-order valence-electron chi connectivity index (χ1n) is 10.8. The van der Waals surface area contributed by atoms with Gasteiger partial charge in [0, 0.05) is 23.2 Å². The lowest BCUT2D eigenvalue weighted by Gasteiger charge is -2.26. The van der Waals surface area contributed by atoms with Gasteiger partial charge < -0.3 is 19.1 Å². The van der Waals surface area contributed by atoms with E-state index in [4.69, 9.17) is 14.2 Å². The number of hydrogen-bond acceptors (Lipinski definition) is 5. The van der Waals surface area contributed by atoms with Crippen molar-refractivity contribution < 1.29 is 23.8 Å². The molecule has 3 aromatic carbocycles. The molecule has 1 aliphatic heterocycles. The van der Waals surface area contributed by atoms with Crippen molar-refractivity contribution in [2.45, 2.75) is 26.1 Å². The lowest BCUT2D eigenvalue weighted by atomic mass is 9.89. The third-order valence-electron chi connectivity index (χ3n) is 5.70. The molecule has 0 radical (unpaired) electrons. The maximum atomic E-state index is 13.4. The first kappa shape index (κ1) is 22.4. The highest BCUT2D eigenvalue weighted by atomic mass is 16.6. The molecule has 0 unspecified atom stereocenters. The van der Waals surface area contributed by atoms with Gasteiger partial charge in [0.15, 0.2) is 6.10 Å². The fourth-order valence-electron chi connectivity index (χ4n) is 3.93. The number of nitrogens with zero attached hydrogens (tertiary/aromatic N) is 1. The molecule has 4 rings (SSSR count). The van der Waals surface area contributed by atoms with Crippen LogP contribution in [0.2, 0.25) is 0 Å². The lowest BCUT2D eigenvalue weighted by Crippen LogP contribution is -2.38. The van der Waals surface area contributed by atoms with Gasteiger partial charge in [-0.05, 0) is 36.4 Å². The maximum absolute atomic E-state index is 13.4. The Morgan fingerprint density at radius 3 is 2.09 bits per heavy atom. The summed E-state index contributed by atoms with van der Waals surface area (Å²) in [7, 11) is 1.58. The standard InChI is InChI=1S/C27H27NO5/c1-27(2)18-28(20-12-8-5-9-13-20)25(29)24(27)33-26(30)23(19-10-6-4-7-11-19)32-22-16-14-21(31-3)15-17-22/h4-17,23-24H,18H2,1-3H3/t23-,24-/m0/s1. The lowest BCUT2D eigenvalue weighted by molar-refractivity contribution is -0.165. The second kappa shape index (κ2) is 9.36. The Labute approximate surface area is 193 Å². The van der Waals surface area contributed by atoms with Crippen molar-refractivity contribution in [2.75, 3.05) is 18.6 Å². The topological polar surface area (TPSA) is 65.1 Å². The molecule has 6 nitrogen and oxygen atoms in total. The van der Waals surface area contributed by atoms with Crippen molar-refractivity contribution in [1.82, 2.24) is 0 Å². The molecular formula is C27H27NO5. The number of methoxy groups -OCH3 is 1. The van der Waals surface area contributed by atoms with Crippen LogP contribution in [0.25, 0.3) is 0 Å². The first-order valence-corrected chi connectivity index (χ1v) is 10.8. The van der Waals surface area contributed by atoms with Gasteiger partial charge in [-0.25, -0.2) is 4.79 Å². The van der Waals surface area contributed by atoms with E-state index in [0.29, 0.717) is 23.6 Å². The zero-order valence-corrected chi connectivity index (χ0v) is 18.9. The van der Waals surface area contributed by atoms with E-state index in [1.807, 2.05) is 62.4 Å². The molecule has 6 heteroatoms. The molecule has 1 fully saturated rings. The number of para-hydroxylation sites is 1. The Morgan fingerprint density at radius 2 is 1.48 bits per heavy atom. The van der Waals surface area contributed by atoms with Crippen LogP contribution < -0.4 is 14.4 Å². The number of carbonyl (C=O) groups excluding carboxylic acids is 2. The molecule has 1 heterocycles. The molecule has 0 aromatic heterocycles. The number of carbonyl (C=O) groups is 2. The van der Waals surface area contributed by atoms with Gasteiger partial charge in [-0.15, -0.1) is 0 Å². The third-order valence-corrected chi connectivity index (χ3v) is 5.70. The van der Waals surface area contributed by atoms with Crippen LogP contribution >= 0.6 is 0 Å². The quantitative estimate of drug-likeness (QED) is 0.489. The zero-order chi connectivity index (χ0) is 23.4. The van der Waals surface area contributed by atoms with Crippen molar-refractivity contribution in [3.05, 3.63) is 90.5 Å². The van der Waals surface area contributed by atoms with Gasteiger partial charge in [0.1, 0.15) is 11.5 Å². The number of ether oxygens (including phenoxy) is 3. The van der Waals surface area contributed by atoms with E-state index in [9.17, 15) is 9.59 Å². The largest absolute Gasteiger partial charge is 0.497 e. The SMILES string of the molecule is COc1ccc(O[C@H](C(=O)O[C@H]2C(=O)N(c3ccccc3)CC2(C)C)c2ccccc2)cc1. The predicted octanol–water partition coefficient (Wildman–Crippen LogP) is 4.80. The van der Waals surface area contributed by atoms with E-state index in [-0.39, 0.29) is 5.91 Å². The molecule has 0 aliphatic carbocycles. The number of hydrogen-bond donors (Lipinski definition) is 0. The molecule has 1 saturated heterocycles. The highest BCUT2D eigenvalue weighted by molar-refractivity contribution is 6.01. The summed E-state index contributed by atoms with van der Waals surface area (Å²) in [5.74, 6) is 0.319. The summed E-state index contributed by atoms with van der Waals surface area (Å²) < 4.78 is 17.1. The normalized spacial score (nSPS) is 18.0. The fraction of sp³-hybridized carbons (Fsp3) is 0.259. The highest BCUT2D eigenvalue weighted by Crippen LogP contribution is 2.37. The maximum Gasteiger partial charge on any atom is 0.352 e. The summed E-state index contributed by atoms with van der Waals surface area (Å²) in [6.45, 7) is 4.30. The van der Waals surface area contributed by atoms with Gasteiger partial charge >= 0.3 is 5.97 Å². The molecule has 2 atom stereocenters. The van der Waals surface area contributed by atoms with Crippen molar-refractivity contribution >= 4 is 17.6 Å². The molecular weight excluding hydrogens is 418 g/mol. The van der Waals surface area contributed by atoms with Crippen LogP contribution in [0.15, 0.2) is 84.9 Å². The first-order chi connectivity index (χ1) is 15.9. The van der Waals surface area contributed by atoms with Crippen LogP contribution in [0.3, 0.4) is 0 Å². The van der Waals surface area contributed by atoms with Crippen molar-refractivity contribution in [3.63, 3.8) is 0 Å². The Balaban J connectivity index is 1.57. The van der Waals surface area contributed by atoms with E-state index in [1.54, 1.807) is 48.4 Å². The average molecular weight is 446 g/mol. The fourth-order valence-corrected chi connectivity index (χ4v) is 3.93. The minimum Gasteiger partial charge on any atom is -0.497 e. The molecule has 1 amide bonds. The number of benzene rings is 3. The van der Waals surface area contributed by atoms with Gasteiger partial charge in [0.2, 0.25) is 6.10 Å². The molecule has 33 heavy (non-hydrogen) atoms. The summed E-state index contributed by atoms with van der Waals surface area (Å²) in [4.78, 5) is 28.3. The average Bonchev–Trinajstić information content (AvgIpc) is 3.07. The summed E-state index contributed by atoms with van der Waals surface area (Å²) in [6.07, 6.45) is -1.94. The van der Waals surface area contributed by atoms with E-state index in [0.717, 1.165) is 5.69 Å². The van der Waals surface area contributed by atoms with Gasteiger partial charge in [0.25, 0.3) is 5.91 Å². The second-order valence-corrected chi connectivity index (χ2v) is 8.65. The minimum absolute atomic E-state index is 0.240. The van der Waals surface area contributed by atoms with Gasteiger partial charge in [-0.1, -0.05) is 62.4 Å². The molecule has 1 aliphatic rings. The number of anilines is 1. The van der Waals surface area contributed by atoms with Crippen LogP contribution in [0.4, 0.5) is 5.69 Å². The Kier molecular flexibility index (Phi) is 6.36. The van der Waals surface area contributed by atoms with Crippen LogP contribution in [0.1, 0.15) is 25.5 Å². The van der Waals surface area contributed by atoms with E-state index in [2.05, 4.69) is 0 Å². The van der Waals surface area contributed by atoms with Crippen LogP contribution in [0.5, 0.6) is 11.5 Å². The minimum atomic E-state index is -1.02. The van der Waals surface area contributed by atoms with E-state index >= 15 is 0 Å². The molecule has 3 aromatic rings. The van der Waals surface area contributed by atoms with Crippen LogP contribution in [-0.2, 0) is 14.3 Å². The van der Waals surface area contributed by atoms with Crippen molar-refractivity contribution in [2.24, 2.45) is 5.41 Å². The molecule has 170 valence electrons. The monoisotopic (exact) mass is 445 g/mol. The third kappa shape index (κ3) is 4.85. The predicted molar refractivity (Wildman–Crippen MR) is 125 cm³/mol. The summed E-state index contributed by atoms with van der Waals surface area (Å²) in [6, 6.07) is 25.5. The zero-order valence-electron chi connectivity index (χ0n) is 18.9. The smallest absolute Gasteiger partial charge is 0.352 e. The Hall–Kier alpha value is -3.80. The summed E-state index contributed by atoms with van der Waals surface area (Å²) >= 11 is 0. The molecule has 0 N–H and O–H groups in total. The number of esters is 1. The van der Waals surface area contributed by atoms with Crippen LogP contribution in [0, 0.1) is 5.41 Å². The van der Waals surface area contributed by atoms with Gasteiger partial charge in [-0.2, -0.15) is 0 Å². The van der Waals surface area contributed by atoms with Crippen molar-refractivity contribution in [3.8, 4) is 11.5 Å². The van der Waals surface area contributed by atoms with E-state index in [1.165, 1.54) is 0 Å². The summed E-state index contributed by atoms with van der Waals surface area (Å²) in [5.41, 5.74) is 0.855. The molecule has 0 spiro atoms. The Morgan fingerprint density at radius 1 is 0.909 bits per heavy atom. The highest BCUT2D eigenvalue weighted by Gasteiger charge is 2.50. The Bertz CT molecular complexity index is 1100. The summed E-state index contributed by atoms with van der Waals surface area (Å²) in [5, 5.41) is 0. The molecule has 0 bridgehead atoms. The molecule has 0 saturated carbocycles. The van der Waals surface area contributed by atoms with Crippen molar-refractivity contribution in [1.29, 1.82) is 0 Å². The number of rotatable bonds is 7. The van der Waals surface area contributed by atoms with Crippen LogP contribution in [-0.4, -0.2) is 31.6 Å². The number of amides is 1. The van der Waals surface area contributed by atoms with Gasteiger partial charge in [0.05, 0.1) is 7.11 Å². The van der Waals surface area contributed by atoms with E-state index < -0.39 is 23.6 Å². The van der Waals surface area contributed by atoms with Gasteiger partial charge in [-0.3, -0.25) is 4.79 Å².